The maximum Gasteiger partial charge on any atom is 0.220 e. The first-order valence-corrected chi connectivity index (χ1v) is 7.46. The third-order valence-corrected chi connectivity index (χ3v) is 4.26. The number of carbonyl (C=O) groups is 2. The van der Waals surface area contributed by atoms with Crippen LogP contribution in [0.25, 0.3) is 0 Å². The van der Waals surface area contributed by atoms with E-state index in [1.807, 2.05) is 18.2 Å². The van der Waals surface area contributed by atoms with Gasteiger partial charge in [-0.15, -0.1) is 0 Å². The first kappa shape index (κ1) is 14.3. The molecule has 102 valence electrons. The van der Waals surface area contributed by atoms with Crippen LogP contribution in [0.4, 0.5) is 0 Å². The standard InChI is InChI=1S/C15H18BrNO2/c1-10(18)17-9-15(2,3)12-7-5-4-6-11(12)14(17)13(19)8-16/h4-7,14H,8-9H2,1-3H3. The van der Waals surface area contributed by atoms with Gasteiger partial charge in [0, 0.05) is 18.9 Å². The Morgan fingerprint density at radius 3 is 2.58 bits per heavy atom. The Kier molecular flexibility index (Phi) is 3.81. The average molecular weight is 324 g/mol. The second-order valence-corrected chi connectivity index (χ2v) is 6.18. The second kappa shape index (κ2) is 5.08. The van der Waals surface area contributed by atoms with Crippen LogP contribution in [0.1, 0.15) is 37.9 Å². The van der Waals surface area contributed by atoms with E-state index in [0.29, 0.717) is 6.54 Å². The fraction of sp³-hybridized carbons (Fsp3) is 0.467. The number of nitrogens with zero attached hydrogens (tertiary/aromatic N) is 1. The van der Waals surface area contributed by atoms with Crippen LogP contribution in [0, 0.1) is 0 Å². The van der Waals surface area contributed by atoms with Crippen LogP contribution in [0.15, 0.2) is 24.3 Å². The summed E-state index contributed by atoms with van der Waals surface area (Å²) < 4.78 is 0. The van der Waals surface area contributed by atoms with E-state index >= 15 is 0 Å². The number of benzene rings is 1. The Balaban J connectivity index is 2.60. The largest absolute Gasteiger partial charge is 0.328 e. The molecule has 1 aromatic carbocycles. The SMILES string of the molecule is CC(=O)N1CC(C)(C)c2ccccc2C1C(=O)CBr. The van der Waals surface area contributed by atoms with Crippen molar-refractivity contribution in [3.05, 3.63) is 35.4 Å². The first-order chi connectivity index (χ1) is 8.88. The van der Waals surface area contributed by atoms with Crippen molar-refractivity contribution in [1.29, 1.82) is 0 Å². The van der Waals surface area contributed by atoms with Gasteiger partial charge < -0.3 is 4.90 Å². The number of rotatable bonds is 2. The summed E-state index contributed by atoms with van der Waals surface area (Å²) in [6.07, 6.45) is 0. The van der Waals surface area contributed by atoms with Crippen molar-refractivity contribution in [1.82, 2.24) is 4.90 Å². The Bertz CT molecular complexity index is 525. The number of halogens is 1. The summed E-state index contributed by atoms with van der Waals surface area (Å²) in [5.41, 5.74) is 1.98. The molecule has 0 aliphatic carbocycles. The van der Waals surface area contributed by atoms with Crippen molar-refractivity contribution in [2.75, 3.05) is 11.9 Å². The maximum absolute atomic E-state index is 12.2. The molecule has 19 heavy (non-hydrogen) atoms. The topological polar surface area (TPSA) is 37.4 Å². The molecule has 4 heteroatoms. The molecule has 1 aliphatic rings. The van der Waals surface area contributed by atoms with Crippen LogP contribution in [0.2, 0.25) is 0 Å². The quantitative estimate of drug-likeness (QED) is 0.785. The lowest BCUT2D eigenvalue weighted by Crippen LogP contribution is -2.49. The Morgan fingerprint density at radius 2 is 2.00 bits per heavy atom. The minimum absolute atomic E-state index is 0.0261. The summed E-state index contributed by atoms with van der Waals surface area (Å²) in [5.74, 6) is -0.0278. The number of fused-ring (bicyclic) bond motifs is 1. The van der Waals surface area contributed by atoms with Gasteiger partial charge in [0.1, 0.15) is 6.04 Å². The monoisotopic (exact) mass is 323 g/mol. The van der Waals surface area contributed by atoms with Gasteiger partial charge in [-0.3, -0.25) is 9.59 Å². The molecule has 0 bridgehead atoms. The fourth-order valence-corrected chi connectivity index (χ4v) is 3.14. The highest BCUT2D eigenvalue weighted by molar-refractivity contribution is 9.09. The molecule has 0 radical (unpaired) electrons. The number of amides is 1. The molecule has 1 unspecified atom stereocenters. The summed E-state index contributed by atoms with van der Waals surface area (Å²) in [6.45, 7) is 6.31. The summed E-state index contributed by atoms with van der Waals surface area (Å²) >= 11 is 3.22. The van der Waals surface area contributed by atoms with Crippen LogP contribution in [-0.4, -0.2) is 28.5 Å². The molecule has 1 heterocycles. The number of hydrogen-bond acceptors (Lipinski definition) is 2. The molecule has 1 aromatic rings. The summed E-state index contributed by atoms with van der Waals surface area (Å²) in [7, 11) is 0. The van der Waals surface area contributed by atoms with Crippen LogP contribution < -0.4 is 0 Å². The van der Waals surface area contributed by atoms with Gasteiger partial charge in [0.15, 0.2) is 5.78 Å². The van der Waals surface area contributed by atoms with Crippen molar-refractivity contribution in [2.24, 2.45) is 0 Å². The summed E-state index contributed by atoms with van der Waals surface area (Å²) in [5, 5.41) is 0.260. The van der Waals surface area contributed by atoms with Gasteiger partial charge in [0.2, 0.25) is 5.91 Å². The minimum Gasteiger partial charge on any atom is -0.328 e. The van der Waals surface area contributed by atoms with E-state index in [9.17, 15) is 9.59 Å². The van der Waals surface area contributed by atoms with Crippen molar-refractivity contribution < 1.29 is 9.59 Å². The number of carbonyl (C=O) groups excluding carboxylic acids is 2. The molecule has 3 nitrogen and oxygen atoms in total. The van der Waals surface area contributed by atoms with E-state index in [0.717, 1.165) is 11.1 Å². The van der Waals surface area contributed by atoms with Gasteiger partial charge in [-0.1, -0.05) is 54.0 Å². The molecule has 0 spiro atoms. The van der Waals surface area contributed by atoms with E-state index in [4.69, 9.17) is 0 Å². The molecule has 1 atom stereocenters. The van der Waals surface area contributed by atoms with Crippen LogP contribution in [-0.2, 0) is 15.0 Å². The van der Waals surface area contributed by atoms with E-state index in [1.54, 1.807) is 4.90 Å². The first-order valence-electron chi connectivity index (χ1n) is 6.34. The highest BCUT2D eigenvalue weighted by atomic mass is 79.9. The molecule has 0 N–H and O–H groups in total. The molecule has 1 amide bonds. The molecular formula is C15H18BrNO2. The normalized spacial score (nSPS) is 20.8. The van der Waals surface area contributed by atoms with Gasteiger partial charge in [0.05, 0.1) is 5.33 Å². The van der Waals surface area contributed by atoms with Crippen molar-refractivity contribution >= 4 is 27.6 Å². The molecule has 2 rings (SSSR count). The summed E-state index contributed by atoms with van der Waals surface area (Å²) in [6, 6.07) is 7.46. The van der Waals surface area contributed by atoms with Gasteiger partial charge in [-0.05, 0) is 11.1 Å². The van der Waals surface area contributed by atoms with E-state index in [1.165, 1.54) is 6.92 Å². The lowest BCUT2D eigenvalue weighted by Gasteiger charge is -2.44. The highest BCUT2D eigenvalue weighted by Gasteiger charge is 2.41. The number of Topliss-reactive ketones (excluding diaryl/α,β-unsaturated/α-hetero) is 1. The number of hydrogen-bond donors (Lipinski definition) is 0. The van der Waals surface area contributed by atoms with Crippen LogP contribution in [0.3, 0.4) is 0 Å². The zero-order valence-corrected chi connectivity index (χ0v) is 13.0. The number of alkyl halides is 1. The third kappa shape index (κ3) is 2.46. The van der Waals surface area contributed by atoms with Gasteiger partial charge in [0.25, 0.3) is 0 Å². The summed E-state index contributed by atoms with van der Waals surface area (Å²) in [4.78, 5) is 25.8. The van der Waals surface area contributed by atoms with Crippen molar-refractivity contribution in [3.8, 4) is 0 Å². The van der Waals surface area contributed by atoms with E-state index < -0.39 is 6.04 Å². The number of ketones is 1. The Hall–Kier alpha value is -1.16. The van der Waals surface area contributed by atoms with E-state index in [2.05, 4.69) is 35.8 Å². The van der Waals surface area contributed by atoms with Crippen molar-refractivity contribution in [3.63, 3.8) is 0 Å². The molecular weight excluding hydrogens is 306 g/mol. The Labute approximate surface area is 122 Å². The zero-order chi connectivity index (χ0) is 14.2. The molecule has 0 saturated carbocycles. The molecule has 0 saturated heterocycles. The molecule has 1 aliphatic heterocycles. The predicted molar refractivity (Wildman–Crippen MR) is 78.4 cm³/mol. The zero-order valence-electron chi connectivity index (χ0n) is 11.4. The van der Waals surface area contributed by atoms with E-state index in [-0.39, 0.29) is 22.4 Å². The van der Waals surface area contributed by atoms with Crippen LogP contribution >= 0.6 is 15.9 Å². The fourth-order valence-electron chi connectivity index (χ4n) is 2.84. The van der Waals surface area contributed by atoms with Gasteiger partial charge >= 0.3 is 0 Å². The van der Waals surface area contributed by atoms with Crippen LogP contribution in [0.5, 0.6) is 0 Å². The third-order valence-electron chi connectivity index (χ3n) is 3.70. The maximum atomic E-state index is 12.2. The smallest absolute Gasteiger partial charge is 0.220 e. The second-order valence-electron chi connectivity index (χ2n) is 5.62. The average Bonchev–Trinajstić information content (AvgIpc) is 2.37. The lowest BCUT2D eigenvalue weighted by molar-refractivity contribution is -0.139. The Morgan fingerprint density at radius 1 is 1.37 bits per heavy atom. The highest BCUT2D eigenvalue weighted by Crippen LogP contribution is 2.40. The molecule has 0 fully saturated rings. The molecule has 0 aromatic heterocycles. The predicted octanol–water partition coefficient (Wildman–Crippen LogP) is 2.83. The van der Waals surface area contributed by atoms with Gasteiger partial charge in [-0.25, -0.2) is 0 Å². The van der Waals surface area contributed by atoms with Crippen molar-refractivity contribution in [2.45, 2.75) is 32.2 Å². The minimum atomic E-state index is -0.457. The van der Waals surface area contributed by atoms with Gasteiger partial charge in [-0.2, -0.15) is 0 Å². The lowest BCUT2D eigenvalue weighted by atomic mass is 9.75.